The fourth-order valence-corrected chi connectivity index (χ4v) is 3.17. The highest BCUT2D eigenvalue weighted by molar-refractivity contribution is 9.10. The van der Waals surface area contributed by atoms with Crippen LogP contribution in [0.3, 0.4) is 0 Å². The maximum Gasteiger partial charge on any atom is 0.255 e. The van der Waals surface area contributed by atoms with Crippen LogP contribution in [-0.2, 0) is 0 Å². The lowest BCUT2D eigenvalue weighted by molar-refractivity contribution is 0.0770. The Hall–Kier alpha value is -2.35. The monoisotopic (exact) mass is 420 g/mol. The van der Waals surface area contributed by atoms with Crippen LogP contribution in [-0.4, -0.2) is 61.2 Å². The zero-order chi connectivity index (χ0) is 18.7. The van der Waals surface area contributed by atoms with Crippen molar-refractivity contribution in [3.8, 4) is 11.6 Å². The normalized spacial score (nSPS) is 16.5. The van der Waals surface area contributed by atoms with E-state index in [1.54, 1.807) is 30.5 Å². The van der Waals surface area contributed by atoms with Gasteiger partial charge in [0.2, 0.25) is 5.88 Å². The van der Waals surface area contributed by atoms with Crippen LogP contribution in [0.4, 0.5) is 5.82 Å². The smallest absolute Gasteiger partial charge is 0.255 e. The predicted octanol–water partition coefficient (Wildman–Crippen LogP) is 2.61. The quantitative estimate of drug-likeness (QED) is 0.740. The average molecular weight is 421 g/mol. The van der Waals surface area contributed by atoms with E-state index in [0.717, 1.165) is 16.7 Å². The molecule has 0 aliphatic carbocycles. The van der Waals surface area contributed by atoms with E-state index in [-0.39, 0.29) is 12.0 Å². The molecule has 1 aromatic heterocycles. The number of amides is 1. The van der Waals surface area contributed by atoms with Crippen LogP contribution >= 0.6 is 15.9 Å². The zero-order valence-corrected chi connectivity index (χ0v) is 16.6. The van der Waals surface area contributed by atoms with Crippen LogP contribution < -0.4 is 14.4 Å². The third-order valence-corrected chi connectivity index (χ3v) is 4.87. The van der Waals surface area contributed by atoms with E-state index in [9.17, 15) is 4.79 Å². The lowest BCUT2D eigenvalue weighted by Crippen LogP contribution is -2.31. The van der Waals surface area contributed by atoms with Gasteiger partial charge in [0.25, 0.3) is 5.91 Å². The van der Waals surface area contributed by atoms with Gasteiger partial charge in [-0.15, -0.1) is 0 Å². The van der Waals surface area contributed by atoms with Crippen LogP contribution in [0.5, 0.6) is 11.6 Å². The molecule has 1 amide bonds. The minimum Gasteiger partial charge on any atom is -0.497 e. The standard InChI is InChI=1S/C18H21BrN4O3/c1-22(2)16-9-20-10-17(21-16)26-13-6-7-23(11-13)18(24)14-8-12(25-3)4-5-15(14)19/h4-5,8-10,13H,6-7,11H2,1-3H3. The summed E-state index contributed by atoms with van der Waals surface area (Å²) in [6.07, 6.45) is 3.92. The summed E-state index contributed by atoms with van der Waals surface area (Å²) in [7, 11) is 5.38. The van der Waals surface area contributed by atoms with Crippen LogP contribution in [0.15, 0.2) is 35.1 Å². The van der Waals surface area contributed by atoms with Crippen LogP contribution in [0, 0.1) is 0 Å². The molecule has 0 N–H and O–H groups in total. The molecule has 2 aromatic rings. The van der Waals surface area contributed by atoms with Crippen LogP contribution in [0.25, 0.3) is 0 Å². The molecule has 1 fully saturated rings. The first-order valence-electron chi connectivity index (χ1n) is 8.26. The summed E-state index contributed by atoms with van der Waals surface area (Å²) in [4.78, 5) is 25.0. The highest BCUT2D eigenvalue weighted by atomic mass is 79.9. The maximum absolute atomic E-state index is 12.8. The lowest BCUT2D eigenvalue weighted by atomic mass is 10.2. The Kier molecular flexibility index (Phi) is 5.61. The Morgan fingerprint density at radius 1 is 1.35 bits per heavy atom. The first-order chi connectivity index (χ1) is 12.5. The van der Waals surface area contributed by atoms with Crippen molar-refractivity contribution in [2.45, 2.75) is 12.5 Å². The van der Waals surface area contributed by atoms with Crippen molar-refractivity contribution >= 4 is 27.7 Å². The summed E-state index contributed by atoms with van der Waals surface area (Å²) in [5, 5.41) is 0. The Morgan fingerprint density at radius 3 is 2.88 bits per heavy atom. The summed E-state index contributed by atoms with van der Waals surface area (Å²) in [5.74, 6) is 1.81. The molecule has 138 valence electrons. The summed E-state index contributed by atoms with van der Waals surface area (Å²) in [6.45, 7) is 1.14. The van der Waals surface area contributed by atoms with Crippen molar-refractivity contribution in [3.63, 3.8) is 0 Å². The molecule has 1 atom stereocenters. The number of nitrogens with zero attached hydrogens (tertiary/aromatic N) is 4. The van der Waals surface area contributed by atoms with Gasteiger partial charge in [0, 0.05) is 31.5 Å². The highest BCUT2D eigenvalue weighted by Crippen LogP contribution is 2.26. The number of carbonyl (C=O) groups is 1. The molecule has 0 saturated carbocycles. The first kappa shape index (κ1) is 18.4. The van der Waals surface area contributed by atoms with Gasteiger partial charge >= 0.3 is 0 Å². The topological polar surface area (TPSA) is 67.8 Å². The molecule has 1 saturated heterocycles. The van der Waals surface area contributed by atoms with Crippen LogP contribution in [0.2, 0.25) is 0 Å². The molecule has 1 aliphatic rings. The molecule has 1 aliphatic heterocycles. The van der Waals surface area contributed by atoms with Crippen molar-refractivity contribution < 1.29 is 14.3 Å². The largest absolute Gasteiger partial charge is 0.497 e. The fourth-order valence-electron chi connectivity index (χ4n) is 2.76. The number of anilines is 1. The van der Waals surface area contributed by atoms with E-state index in [0.29, 0.717) is 30.3 Å². The number of likely N-dealkylation sites (tertiary alicyclic amines) is 1. The van der Waals surface area contributed by atoms with Crippen molar-refractivity contribution in [2.75, 3.05) is 39.2 Å². The van der Waals surface area contributed by atoms with Crippen molar-refractivity contribution in [1.29, 1.82) is 0 Å². The Bertz CT molecular complexity index is 800. The first-order valence-corrected chi connectivity index (χ1v) is 9.06. The molecule has 3 rings (SSSR count). The predicted molar refractivity (Wildman–Crippen MR) is 102 cm³/mol. The Balaban J connectivity index is 1.67. The second-order valence-corrected chi connectivity index (χ2v) is 7.09. The number of rotatable bonds is 5. The van der Waals surface area contributed by atoms with E-state index in [1.807, 2.05) is 31.1 Å². The molecule has 0 spiro atoms. The molecular formula is C18H21BrN4O3. The highest BCUT2D eigenvalue weighted by Gasteiger charge is 2.29. The molecule has 26 heavy (non-hydrogen) atoms. The molecule has 0 bridgehead atoms. The summed E-state index contributed by atoms with van der Waals surface area (Å²) in [5.41, 5.74) is 0.583. The third-order valence-electron chi connectivity index (χ3n) is 4.18. The fraction of sp³-hybridized carbons (Fsp3) is 0.389. The van der Waals surface area contributed by atoms with Gasteiger partial charge in [-0.05, 0) is 34.1 Å². The molecule has 7 nitrogen and oxygen atoms in total. The van der Waals surface area contributed by atoms with Gasteiger partial charge in [-0.2, -0.15) is 4.98 Å². The number of benzene rings is 1. The molecule has 8 heteroatoms. The average Bonchev–Trinajstić information content (AvgIpc) is 3.10. The van der Waals surface area contributed by atoms with Gasteiger partial charge < -0.3 is 19.3 Å². The van der Waals surface area contributed by atoms with Gasteiger partial charge in [-0.1, -0.05) is 0 Å². The molecule has 1 aromatic carbocycles. The lowest BCUT2D eigenvalue weighted by Gasteiger charge is -2.18. The van der Waals surface area contributed by atoms with Gasteiger partial charge in [-0.3, -0.25) is 9.78 Å². The Labute approximate surface area is 161 Å². The van der Waals surface area contributed by atoms with Crippen LogP contribution in [0.1, 0.15) is 16.8 Å². The van der Waals surface area contributed by atoms with E-state index < -0.39 is 0 Å². The van der Waals surface area contributed by atoms with Gasteiger partial charge in [0.1, 0.15) is 11.9 Å². The third kappa shape index (κ3) is 4.07. The summed E-state index contributed by atoms with van der Waals surface area (Å²) >= 11 is 3.44. The van der Waals surface area contributed by atoms with E-state index in [1.165, 1.54) is 0 Å². The number of hydrogen-bond acceptors (Lipinski definition) is 6. The Morgan fingerprint density at radius 2 is 2.15 bits per heavy atom. The van der Waals surface area contributed by atoms with E-state index in [2.05, 4.69) is 25.9 Å². The second-order valence-electron chi connectivity index (χ2n) is 6.24. The minimum atomic E-state index is -0.102. The van der Waals surface area contributed by atoms with E-state index >= 15 is 0 Å². The summed E-state index contributed by atoms with van der Waals surface area (Å²) in [6, 6.07) is 5.37. The number of methoxy groups -OCH3 is 1. The molecular weight excluding hydrogens is 400 g/mol. The molecule has 0 radical (unpaired) electrons. The summed E-state index contributed by atoms with van der Waals surface area (Å²) < 4.78 is 11.9. The molecule has 1 unspecified atom stereocenters. The minimum absolute atomic E-state index is 0.0463. The number of aromatic nitrogens is 2. The van der Waals surface area contributed by atoms with Crippen molar-refractivity contribution in [1.82, 2.24) is 14.9 Å². The van der Waals surface area contributed by atoms with E-state index in [4.69, 9.17) is 9.47 Å². The number of ether oxygens (including phenoxy) is 2. The number of hydrogen-bond donors (Lipinski definition) is 0. The van der Waals surface area contributed by atoms with Crippen molar-refractivity contribution in [3.05, 3.63) is 40.6 Å². The number of carbonyl (C=O) groups excluding carboxylic acids is 1. The maximum atomic E-state index is 12.8. The number of halogens is 1. The van der Waals surface area contributed by atoms with Crippen molar-refractivity contribution in [2.24, 2.45) is 0 Å². The molecule has 2 heterocycles. The second kappa shape index (κ2) is 7.90. The zero-order valence-electron chi connectivity index (χ0n) is 15.0. The van der Waals surface area contributed by atoms with Gasteiger partial charge in [-0.25, -0.2) is 0 Å². The van der Waals surface area contributed by atoms with Gasteiger partial charge in [0.15, 0.2) is 5.82 Å². The van der Waals surface area contributed by atoms with Gasteiger partial charge in [0.05, 0.1) is 31.6 Å². The SMILES string of the molecule is COc1ccc(Br)c(C(=O)N2CCC(Oc3cncc(N(C)C)n3)C2)c1.